The first-order valence-corrected chi connectivity index (χ1v) is 8.88. The molecule has 0 bridgehead atoms. The molecule has 1 aromatic carbocycles. The highest BCUT2D eigenvalue weighted by Gasteiger charge is 2.36. The van der Waals surface area contributed by atoms with E-state index < -0.39 is 29.6 Å². The number of amides is 2. The van der Waals surface area contributed by atoms with Crippen LogP contribution in [0.4, 0.5) is 4.79 Å². The van der Waals surface area contributed by atoms with E-state index in [2.05, 4.69) is 4.74 Å². The zero-order valence-corrected chi connectivity index (χ0v) is 15.7. The maximum atomic E-state index is 12.3. The van der Waals surface area contributed by atoms with E-state index in [0.717, 1.165) is 10.5 Å². The molecule has 1 fully saturated rings. The fourth-order valence-electron chi connectivity index (χ4n) is 2.70. The van der Waals surface area contributed by atoms with E-state index in [1.165, 1.54) is 19.3 Å². The molecular formula is C19H15NO7S. The predicted molar refractivity (Wildman–Crippen MR) is 101 cm³/mol. The van der Waals surface area contributed by atoms with Crippen molar-refractivity contribution in [2.75, 3.05) is 13.7 Å². The fraction of sp³-hybridized carbons (Fsp3) is 0.158. The third kappa shape index (κ3) is 3.70. The Kier molecular flexibility index (Phi) is 5.36. The summed E-state index contributed by atoms with van der Waals surface area (Å²) in [7, 11) is 1.17. The Morgan fingerprint density at radius 1 is 1.25 bits per heavy atom. The second-order valence-corrected chi connectivity index (χ2v) is 6.84. The van der Waals surface area contributed by atoms with Gasteiger partial charge in [-0.15, -0.1) is 0 Å². The molecule has 1 saturated heterocycles. The van der Waals surface area contributed by atoms with Crippen molar-refractivity contribution in [3.05, 3.63) is 52.1 Å². The number of carboxylic acid groups (broad SMARTS) is 1. The lowest BCUT2D eigenvalue weighted by atomic mass is 10.00. The van der Waals surface area contributed by atoms with Crippen LogP contribution in [0.15, 0.2) is 39.7 Å². The predicted octanol–water partition coefficient (Wildman–Crippen LogP) is 3.16. The second-order valence-electron chi connectivity index (χ2n) is 5.85. The van der Waals surface area contributed by atoms with Crippen LogP contribution in [-0.4, -0.2) is 46.7 Å². The maximum Gasteiger partial charge on any atom is 0.336 e. The summed E-state index contributed by atoms with van der Waals surface area (Å²) in [5, 5.41) is 8.81. The quantitative estimate of drug-likeness (QED) is 0.600. The van der Waals surface area contributed by atoms with Gasteiger partial charge in [-0.2, -0.15) is 0 Å². The molecule has 0 spiro atoms. The topological polar surface area (TPSA) is 114 Å². The van der Waals surface area contributed by atoms with Crippen molar-refractivity contribution in [1.82, 2.24) is 4.90 Å². The van der Waals surface area contributed by atoms with E-state index in [4.69, 9.17) is 4.42 Å². The lowest BCUT2D eigenvalue weighted by Crippen LogP contribution is -2.34. The number of methoxy groups -OCH3 is 1. The van der Waals surface area contributed by atoms with Crippen LogP contribution in [0.5, 0.6) is 0 Å². The van der Waals surface area contributed by atoms with Crippen LogP contribution in [-0.2, 0) is 14.3 Å². The maximum absolute atomic E-state index is 12.3. The molecule has 2 amide bonds. The molecular weight excluding hydrogens is 386 g/mol. The van der Waals surface area contributed by atoms with Crippen molar-refractivity contribution in [2.45, 2.75) is 6.92 Å². The van der Waals surface area contributed by atoms with E-state index in [-0.39, 0.29) is 16.2 Å². The van der Waals surface area contributed by atoms with Gasteiger partial charge in [0, 0.05) is 11.6 Å². The number of esters is 1. The number of carbonyl (C=O) groups is 4. The summed E-state index contributed by atoms with van der Waals surface area (Å²) < 4.78 is 10.2. The molecule has 0 unspecified atom stereocenters. The molecule has 0 aliphatic carbocycles. The highest BCUT2D eigenvalue weighted by molar-refractivity contribution is 8.18. The third-order valence-electron chi connectivity index (χ3n) is 4.04. The lowest BCUT2D eigenvalue weighted by molar-refractivity contribution is -0.143. The molecule has 0 radical (unpaired) electrons. The zero-order valence-electron chi connectivity index (χ0n) is 14.9. The number of carboxylic acids is 1. The van der Waals surface area contributed by atoms with Crippen molar-refractivity contribution < 1.29 is 33.4 Å². The number of nitrogens with zero attached hydrogens (tertiary/aromatic N) is 1. The van der Waals surface area contributed by atoms with E-state index in [1.807, 2.05) is 0 Å². The number of ether oxygens (including phenoxy) is 1. The van der Waals surface area contributed by atoms with Crippen LogP contribution in [0, 0.1) is 6.92 Å². The summed E-state index contributed by atoms with van der Waals surface area (Å²) in [6, 6.07) is 8.05. The molecule has 8 nitrogen and oxygen atoms in total. The summed E-state index contributed by atoms with van der Waals surface area (Å²) >= 11 is 0.682. The number of hydrogen-bond acceptors (Lipinski definition) is 7. The minimum absolute atomic E-state index is 0.0954. The Balaban J connectivity index is 1.90. The number of aryl methyl sites for hydroxylation is 1. The van der Waals surface area contributed by atoms with Crippen molar-refractivity contribution >= 4 is 40.9 Å². The highest BCUT2D eigenvalue weighted by Crippen LogP contribution is 2.34. The summed E-state index contributed by atoms with van der Waals surface area (Å²) in [6.45, 7) is 1.30. The Hall–Kier alpha value is -3.33. The van der Waals surface area contributed by atoms with Gasteiger partial charge in [0.1, 0.15) is 18.1 Å². The summed E-state index contributed by atoms with van der Waals surface area (Å²) in [5.41, 5.74) is 1.26. The SMILES string of the molecule is COC(=O)CN1C(=O)SC(=Cc2ccc(-c3c(C)cccc3C(=O)O)o2)C1=O. The second kappa shape index (κ2) is 7.73. The Morgan fingerprint density at radius 2 is 2.00 bits per heavy atom. The van der Waals surface area contributed by atoms with Gasteiger partial charge in [-0.3, -0.25) is 19.3 Å². The minimum atomic E-state index is -1.08. The van der Waals surface area contributed by atoms with Gasteiger partial charge in [-0.25, -0.2) is 4.79 Å². The number of hydrogen-bond donors (Lipinski definition) is 1. The normalized spacial score (nSPS) is 15.4. The molecule has 1 aliphatic rings. The number of carbonyl (C=O) groups excluding carboxylic acids is 3. The van der Waals surface area contributed by atoms with Gasteiger partial charge in [-0.05, 0) is 42.4 Å². The van der Waals surface area contributed by atoms with Gasteiger partial charge in [0.05, 0.1) is 17.6 Å². The smallest absolute Gasteiger partial charge is 0.336 e. The zero-order chi connectivity index (χ0) is 20.4. The highest BCUT2D eigenvalue weighted by atomic mass is 32.2. The van der Waals surface area contributed by atoms with Crippen LogP contribution in [0.2, 0.25) is 0 Å². The van der Waals surface area contributed by atoms with Crippen LogP contribution in [0.3, 0.4) is 0 Å². The summed E-state index contributed by atoms with van der Waals surface area (Å²) in [4.78, 5) is 48.0. The van der Waals surface area contributed by atoms with Crippen molar-refractivity contribution in [3.63, 3.8) is 0 Å². The van der Waals surface area contributed by atoms with E-state index in [1.54, 1.807) is 31.2 Å². The van der Waals surface area contributed by atoms with E-state index >= 15 is 0 Å². The van der Waals surface area contributed by atoms with Crippen molar-refractivity contribution in [1.29, 1.82) is 0 Å². The van der Waals surface area contributed by atoms with Crippen LogP contribution < -0.4 is 0 Å². The van der Waals surface area contributed by atoms with Gasteiger partial charge >= 0.3 is 11.9 Å². The van der Waals surface area contributed by atoms with Gasteiger partial charge in [-0.1, -0.05) is 12.1 Å². The van der Waals surface area contributed by atoms with Crippen LogP contribution in [0.1, 0.15) is 21.7 Å². The Bertz CT molecular complexity index is 1020. The van der Waals surface area contributed by atoms with Gasteiger partial charge in [0.2, 0.25) is 0 Å². The number of thioether (sulfide) groups is 1. The first-order chi connectivity index (χ1) is 13.3. The van der Waals surface area contributed by atoms with E-state index in [9.17, 15) is 24.3 Å². The molecule has 0 saturated carbocycles. The lowest BCUT2D eigenvalue weighted by Gasteiger charge is -2.09. The number of furan rings is 1. The average molecular weight is 401 g/mol. The van der Waals surface area contributed by atoms with Crippen LogP contribution in [0.25, 0.3) is 17.4 Å². The Morgan fingerprint density at radius 3 is 2.68 bits per heavy atom. The first-order valence-electron chi connectivity index (χ1n) is 8.07. The summed E-state index contributed by atoms with van der Waals surface area (Å²) in [5.74, 6) is -1.81. The van der Waals surface area contributed by atoms with Gasteiger partial charge in [0.15, 0.2) is 0 Å². The van der Waals surface area contributed by atoms with Gasteiger partial charge < -0.3 is 14.3 Å². The molecule has 9 heteroatoms. The Labute approximate surface area is 163 Å². The summed E-state index contributed by atoms with van der Waals surface area (Å²) in [6.07, 6.45) is 1.38. The molecule has 1 N–H and O–H groups in total. The minimum Gasteiger partial charge on any atom is -0.478 e. The molecule has 144 valence electrons. The number of aromatic carboxylic acids is 1. The molecule has 2 heterocycles. The van der Waals surface area contributed by atoms with E-state index in [0.29, 0.717) is 23.1 Å². The molecule has 3 rings (SSSR count). The first kappa shape index (κ1) is 19.4. The molecule has 28 heavy (non-hydrogen) atoms. The van der Waals surface area contributed by atoms with Gasteiger partial charge in [0.25, 0.3) is 11.1 Å². The standard InChI is InChI=1S/C19H15NO7S/c1-10-4-3-5-12(18(23)24)16(10)13-7-6-11(27-13)8-14-17(22)20(19(25)28-14)9-15(21)26-2/h3-8H,9H2,1-2H3,(H,23,24). The third-order valence-corrected chi connectivity index (χ3v) is 4.95. The fourth-order valence-corrected chi connectivity index (χ4v) is 3.52. The van der Waals surface area contributed by atoms with Crippen molar-refractivity contribution in [2.24, 2.45) is 0 Å². The molecule has 1 aliphatic heterocycles. The largest absolute Gasteiger partial charge is 0.478 e. The van der Waals surface area contributed by atoms with Crippen molar-refractivity contribution in [3.8, 4) is 11.3 Å². The van der Waals surface area contributed by atoms with Crippen LogP contribution >= 0.6 is 11.8 Å². The average Bonchev–Trinajstić information content (AvgIpc) is 3.21. The number of benzene rings is 1. The molecule has 0 atom stereocenters. The molecule has 2 aromatic rings. The number of rotatable bonds is 5. The number of imide groups is 1. The molecule has 1 aromatic heterocycles. The monoisotopic (exact) mass is 401 g/mol.